The maximum atomic E-state index is 12.2. The highest BCUT2D eigenvalue weighted by Gasteiger charge is 2.61. The molecule has 6 rings (SSSR count). The number of aliphatic imine (C=N–C) groups is 1. The first-order chi connectivity index (χ1) is 31.7. The molecule has 4 aliphatic heterocycles. The topological polar surface area (TPSA) is 515 Å². The van der Waals surface area contributed by atoms with Crippen molar-refractivity contribution in [1.82, 2.24) is 20.9 Å². The normalized spacial score (nSPS) is 36.6. The Hall–Kier alpha value is -4.24. The lowest BCUT2D eigenvalue weighted by molar-refractivity contribution is -0.314. The number of β-lactam (4-membered cyclic amide) rings is 1. The summed E-state index contributed by atoms with van der Waals surface area (Å²) >= 11 is 2.80. The molecule has 1 aromatic heterocycles. The average Bonchev–Trinajstić information content (AvgIpc) is 3.86. The number of aliphatic hydroxyl groups excluding tert-OH is 7. The van der Waals surface area contributed by atoms with E-state index in [1.807, 2.05) is 17.5 Å². The second-order valence-electron chi connectivity index (χ2n) is 15.5. The third-order valence-corrected chi connectivity index (χ3v) is 13.3. The number of hydrogen-bond donors (Lipinski definition) is 18. The van der Waals surface area contributed by atoms with Gasteiger partial charge in [-0.15, -0.1) is 23.1 Å². The highest BCUT2D eigenvalue weighted by molar-refractivity contribution is 8.00. The number of carboxylic acids is 1. The Balaban J connectivity index is 0.000000301. The van der Waals surface area contributed by atoms with Gasteiger partial charge in [0.05, 0.1) is 37.8 Å². The number of thiophene rings is 1. The van der Waals surface area contributed by atoms with Gasteiger partial charge in [0, 0.05) is 10.6 Å². The summed E-state index contributed by atoms with van der Waals surface area (Å²) < 4.78 is 54.5. The molecule has 0 aromatic carbocycles. The largest absolute Gasteiger partial charge is 0.477 e. The van der Waals surface area contributed by atoms with Crippen LogP contribution in [-0.4, -0.2) is 233 Å². The lowest BCUT2D eigenvalue weighted by atomic mass is 9.81. The van der Waals surface area contributed by atoms with Gasteiger partial charge in [0.2, 0.25) is 5.91 Å². The zero-order valence-electron chi connectivity index (χ0n) is 35.7. The second kappa shape index (κ2) is 23.6. The summed E-state index contributed by atoms with van der Waals surface area (Å²) in [6.45, 7) is 0.214. The number of hydrogen-bond acceptors (Lipinski definition) is 23. The monoisotopic (exact) mass is 1030 g/mol. The van der Waals surface area contributed by atoms with Gasteiger partial charge in [0.25, 0.3) is 5.91 Å². The van der Waals surface area contributed by atoms with Gasteiger partial charge in [-0.2, -0.15) is 8.42 Å². The fourth-order valence-electron chi connectivity index (χ4n) is 7.73. The minimum Gasteiger partial charge on any atom is -0.477 e. The van der Waals surface area contributed by atoms with Crippen molar-refractivity contribution in [3.63, 3.8) is 0 Å². The van der Waals surface area contributed by atoms with E-state index in [-0.39, 0.29) is 24.3 Å². The van der Waals surface area contributed by atoms with Crippen LogP contribution in [0.25, 0.3) is 0 Å². The molecule has 0 unspecified atom stereocenters. The Morgan fingerprint density at radius 3 is 2.16 bits per heavy atom. The minimum atomic E-state index is -4.67. The van der Waals surface area contributed by atoms with Crippen LogP contribution in [0.3, 0.4) is 0 Å². The number of aliphatic carboxylic acids is 1. The number of nitrogens with one attached hydrogen (secondary N) is 4. The lowest BCUT2D eigenvalue weighted by Crippen LogP contribution is -2.70. The molecule has 1 aromatic rings. The number of nitrogens with zero attached hydrogens (tertiary/aromatic N) is 2. The minimum absolute atomic E-state index is 0.138. The van der Waals surface area contributed by atoms with E-state index >= 15 is 0 Å². The molecule has 5 heterocycles. The van der Waals surface area contributed by atoms with Crippen molar-refractivity contribution >= 4 is 69.5 Å². The Labute approximate surface area is 394 Å². The van der Waals surface area contributed by atoms with Gasteiger partial charge < -0.3 is 98.1 Å². The molecule has 1 aliphatic carbocycles. The standard InChI is InChI=1S/C21H39N7O12.C14H14N2O5S2.H2O4S/c1-5-21(36,4-30)16(40-17-9(26-2)13(34)10(31)6(3-29)38-17)18(37-5)39-15-8(28-20(24)25)11(32)7(27-19(22)23)12(33)14(15)35;17-5-7-6-23-13-10(12(19)16(13)11(7)14(20)21)15-9(18)4-8-2-1-3-22-8;1-5(2,3)4/h4-18,26,29,31-36H,3H2,1-2H3,(H4,22,23,27)(H4,24,25,28);1-3,10,13,17H,4-6H2,(H,15,18)(H,20,21);(H2,1,2,3,4)/t5-,6-,7+,8-,9-,10-,11+,12-,13-,14+,15+,16-,17-,18-,21+;10-,13-;/m01./s1. The Bertz CT molecular complexity index is 2110. The van der Waals surface area contributed by atoms with Gasteiger partial charge in [-0.25, -0.2) is 9.79 Å². The summed E-state index contributed by atoms with van der Waals surface area (Å²) in [6, 6.07) is -1.05. The molecule has 0 spiro atoms. The molecule has 21 N–H and O–H groups in total. The first kappa shape index (κ1) is 56.3. The Morgan fingerprint density at radius 1 is 1.01 bits per heavy atom. The smallest absolute Gasteiger partial charge is 0.394 e. The first-order valence-corrected chi connectivity index (χ1v) is 23.3. The molecule has 0 bridgehead atoms. The van der Waals surface area contributed by atoms with Crippen LogP contribution < -0.4 is 33.2 Å². The van der Waals surface area contributed by atoms with Crippen LogP contribution in [0.5, 0.6) is 0 Å². The van der Waals surface area contributed by atoms with Crippen molar-refractivity contribution in [3.8, 4) is 0 Å². The molecule has 4 fully saturated rings. The molecule has 2 amide bonds. The number of ether oxygens (including phenoxy) is 4. The van der Waals surface area contributed by atoms with Crippen LogP contribution in [0.2, 0.25) is 0 Å². The van der Waals surface area contributed by atoms with E-state index in [1.54, 1.807) is 0 Å². The Morgan fingerprint density at radius 2 is 1.65 bits per heavy atom. The summed E-state index contributed by atoms with van der Waals surface area (Å²) in [7, 11) is -3.25. The van der Waals surface area contributed by atoms with Gasteiger partial charge in [-0.3, -0.25) is 33.8 Å². The Kier molecular flexibility index (Phi) is 19.5. The summed E-state index contributed by atoms with van der Waals surface area (Å²) in [4.78, 5) is 53.6. The number of likely N-dealkylation sites (N-methyl/N-ethyl adjacent to an activating group) is 1. The molecule has 68 heavy (non-hydrogen) atoms. The van der Waals surface area contributed by atoms with E-state index in [9.17, 15) is 65.1 Å². The first-order valence-electron chi connectivity index (χ1n) is 19.9. The number of aldehydes is 1. The van der Waals surface area contributed by atoms with Gasteiger partial charge in [0.1, 0.15) is 72.0 Å². The van der Waals surface area contributed by atoms with Gasteiger partial charge in [0.15, 0.2) is 36.4 Å². The number of carbonyl (C=O) groups excluding carboxylic acids is 3. The second-order valence-corrected chi connectivity index (χ2v) is 18.5. The number of nitrogens with two attached hydrogens (primary N) is 3. The summed E-state index contributed by atoms with van der Waals surface area (Å²) in [5.41, 5.74) is 14.1. The van der Waals surface area contributed by atoms with E-state index in [0.29, 0.717) is 11.3 Å². The number of guanidine groups is 2. The number of carbonyl (C=O) groups is 4. The number of carboxylic acid groups (broad SMARTS) is 1. The van der Waals surface area contributed by atoms with Crippen LogP contribution in [0.4, 0.5) is 0 Å². The molecular formula is C35H55N9O21S3. The predicted molar refractivity (Wildman–Crippen MR) is 231 cm³/mol. The maximum Gasteiger partial charge on any atom is 0.394 e. The number of rotatable bonds is 14. The quantitative estimate of drug-likeness (QED) is 0.0270. The van der Waals surface area contributed by atoms with Crippen LogP contribution in [-0.2, 0) is 54.9 Å². The van der Waals surface area contributed by atoms with Crippen LogP contribution >= 0.6 is 23.1 Å². The number of aliphatic hydroxyl groups is 8. The van der Waals surface area contributed by atoms with Gasteiger partial charge in [-0.05, 0) is 31.0 Å². The molecule has 0 radical (unpaired) electrons. The molecule has 17 atom stereocenters. The average molecular weight is 1030 g/mol. The van der Waals surface area contributed by atoms with E-state index < -0.39 is 150 Å². The van der Waals surface area contributed by atoms with Crippen molar-refractivity contribution in [2.24, 2.45) is 22.2 Å². The molecule has 384 valence electrons. The highest BCUT2D eigenvalue weighted by Crippen LogP contribution is 2.41. The van der Waals surface area contributed by atoms with E-state index in [0.717, 1.165) is 9.78 Å². The van der Waals surface area contributed by atoms with E-state index in [4.69, 9.17) is 59.1 Å². The maximum absolute atomic E-state index is 12.2. The number of amides is 2. The molecular weight excluding hydrogens is 979 g/mol. The molecule has 30 nitrogen and oxygen atoms in total. The fraction of sp³-hybridized carbons (Fsp3) is 0.657. The van der Waals surface area contributed by atoms with Crippen molar-refractivity contribution in [3.05, 3.63) is 33.7 Å². The zero-order valence-corrected chi connectivity index (χ0v) is 38.2. The van der Waals surface area contributed by atoms with Crippen molar-refractivity contribution < 1.29 is 102 Å². The van der Waals surface area contributed by atoms with Crippen LogP contribution in [0, 0.1) is 5.41 Å². The predicted octanol–water partition coefficient (Wildman–Crippen LogP) is -8.58. The van der Waals surface area contributed by atoms with Gasteiger partial charge >= 0.3 is 16.4 Å². The molecule has 5 aliphatic rings. The highest BCUT2D eigenvalue weighted by atomic mass is 32.3. The van der Waals surface area contributed by atoms with E-state index in [2.05, 4.69) is 20.9 Å². The third kappa shape index (κ3) is 12.9. The summed E-state index contributed by atoms with van der Waals surface area (Å²) in [6.07, 6.45) is -17.1. The lowest BCUT2D eigenvalue weighted by Gasteiger charge is -2.49. The molecule has 33 heteroatoms. The van der Waals surface area contributed by atoms with Crippen molar-refractivity contribution in [2.75, 3.05) is 26.0 Å². The van der Waals surface area contributed by atoms with Crippen LogP contribution in [0.15, 0.2) is 33.8 Å². The third-order valence-electron chi connectivity index (χ3n) is 11.1. The molecule has 1 saturated carbocycles. The number of thioether (sulfide) groups is 1. The SMILES string of the molecule is CN[C@@H]1[C@H](O[C@H]2[C@H](O[C@H]3[C@H](O)[C@@H](O)[C@H](NC(=N)N)[C@@H](O)[C@@H]3N=C(N)N)O[C@@H](C)[C@]2(O)C=O)O[C@@H](CO)[C@H](O)[C@H]1O.O=C(Cc1cccs1)N[C@@H]1C(=O)N2C(C(=O)O)=C(CO)CS[C@H]12.O=S(=O)(O)O. The fourth-order valence-corrected chi connectivity index (χ4v) is 9.77. The summed E-state index contributed by atoms with van der Waals surface area (Å²) in [5, 5.41) is 109. The van der Waals surface area contributed by atoms with Crippen molar-refractivity contribution in [1.29, 1.82) is 5.41 Å². The zero-order chi connectivity index (χ0) is 51.2. The summed E-state index contributed by atoms with van der Waals surface area (Å²) in [5.74, 6) is -2.79. The number of fused-ring (bicyclic) bond motifs is 1. The van der Waals surface area contributed by atoms with Gasteiger partial charge in [-0.1, -0.05) is 6.07 Å². The van der Waals surface area contributed by atoms with Crippen molar-refractivity contribution in [2.45, 2.75) is 116 Å². The molecule has 3 saturated heterocycles. The van der Waals surface area contributed by atoms with Crippen LogP contribution in [0.1, 0.15) is 11.8 Å². The van der Waals surface area contributed by atoms with E-state index in [1.165, 1.54) is 37.1 Å².